The van der Waals surface area contributed by atoms with E-state index in [0.717, 1.165) is 32.8 Å². The molecule has 0 amide bonds. The summed E-state index contributed by atoms with van der Waals surface area (Å²) in [6, 6.07) is 29.4. The van der Waals surface area contributed by atoms with E-state index in [4.69, 9.17) is 9.40 Å². The average molecular weight is 345 g/mol. The van der Waals surface area contributed by atoms with E-state index in [0.29, 0.717) is 0 Å². The highest BCUT2D eigenvalue weighted by Gasteiger charge is 2.15. The smallest absolute Gasteiger partial charge is 0.136 e. The Bertz CT molecular complexity index is 1480. The normalized spacial score (nSPS) is 11.7. The first-order valence-corrected chi connectivity index (χ1v) is 9.07. The maximum absolute atomic E-state index is 6.10. The largest absolute Gasteiger partial charge is 0.456 e. The zero-order valence-electron chi connectivity index (χ0n) is 14.5. The monoisotopic (exact) mass is 345 g/mol. The van der Waals surface area contributed by atoms with Gasteiger partial charge in [-0.25, -0.2) is 0 Å². The predicted molar refractivity (Wildman–Crippen MR) is 112 cm³/mol. The Morgan fingerprint density at radius 2 is 1.30 bits per heavy atom. The molecule has 0 saturated heterocycles. The van der Waals surface area contributed by atoms with Gasteiger partial charge in [0, 0.05) is 27.7 Å². The number of fused-ring (bicyclic) bond motifs is 6. The van der Waals surface area contributed by atoms with Crippen LogP contribution in [0.1, 0.15) is 0 Å². The van der Waals surface area contributed by atoms with Crippen LogP contribution in [-0.4, -0.2) is 4.98 Å². The molecule has 0 saturated carbocycles. The Morgan fingerprint density at radius 1 is 0.556 bits per heavy atom. The molecular formula is C25H15NO. The van der Waals surface area contributed by atoms with Gasteiger partial charge in [-0.3, -0.25) is 4.98 Å². The molecule has 6 aromatic rings. The molecule has 2 nitrogen and oxygen atoms in total. The van der Waals surface area contributed by atoms with Gasteiger partial charge >= 0.3 is 0 Å². The highest BCUT2D eigenvalue weighted by Crippen LogP contribution is 2.40. The summed E-state index contributed by atoms with van der Waals surface area (Å²) in [5.74, 6) is 0. The van der Waals surface area contributed by atoms with Gasteiger partial charge in [-0.2, -0.15) is 0 Å². The van der Waals surface area contributed by atoms with Gasteiger partial charge in [0.25, 0.3) is 0 Å². The van der Waals surface area contributed by atoms with Crippen molar-refractivity contribution in [3.05, 3.63) is 91.1 Å². The van der Waals surface area contributed by atoms with Crippen molar-refractivity contribution in [1.82, 2.24) is 4.98 Å². The van der Waals surface area contributed by atoms with Crippen LogP contribution in [0.15, 0.2) is 95.5 Å². The summed E-state index contributed by atoms with van der Waals surface area (Å²) in [4.78, 5) is 4.70. The molecule has 126 valence electrons. The van der Waals surface area contributed by atoms with E-state index in [2.05, 4.69) is 60.7 Å². The number of para-hydroxylation sites is 1. The molecule has 0 N–H and O–H groups in total. The standard InChI is InChI=1S/C25H15NO/c1-2-11-21-20(8-1)24-19(10-4-12-22(24)27-21)18-9-3-6-16-13-14-17-7-5-15-26-25(17)23(16)18/h1-15H. The number of rotatable bonds is 1. The number of furan rings is 1. The number of nitrogens with zero attached hydrogens (tertiary/aromatic N) is 1. The van der Waals surface area contributed by atoms with Crippen LogP contribution in [0.2, 0.25) is 0 Å². The van der Waals surface area contributed by atoms with Crippen LogP contribution >= 0.6 is 0 Å². The third kappa shape index (κ3) is 2.04. The van der Waals surface area contributed by atoms with Crippen molar-refractivity contribution in [2.75, 3.05) is 0 Å². The second kappa shape index (κ2) is 5.42. The van der Waals surface area contributed by atoms with Crippen LogP contribution in [0, 0.1) is 0 Å². The lowest BCUT2D eigenvalue weighted by Gasteiger charge is -2.11. The van der Waals surface area contributed by atoms with Gasteiger partial charge in [0.1, 0.15) is 11.2 Å². The van der Waals surface area contributed by atoms with Gasteiger partial charge < -0.3 is 4.42 Å². The molecule has 0 aliphatic carbocycles. The fourth-order valence-corrected chi connectivity index (χ4v) is 4.14. The Labute approximate surface area is 155 Å². The van der Waals surface area contributed by atoms with Crippen LogP contribution in [-0.2, 0) is 0 Å². The summed E-state index contributed by atoms with van der Waals surface area (Å²) in [6.07, 6.45) is 1.87. The zero-order valence-corrected chi connectivity index (χ0v) is 14.5. The fraction of sp³-hybridized carbons (Fsp3) is 0. The predicted octanol–water partition coefficient (Wildman–Crippen LogP) is 6.95. The molecule has 0 aliphatic heterocycles. The minimum atomic E-state index is 0.916. The van der Waals surface area contributed by atoms with Crippen LogP contribution in [0.25, 0.3) is 54.7 Å². The van der Waals surface area contributed by atoms with E-state index >= 15 is 0 Å². The third-order valence-corrected chi connectivity index (χ3v) is 5.31. The van der Waals surface area contributed by atoms with E-state index in [9.17, 15) is 0 Å². The van der Waals surface area contributed by atoms with Gasteiger partial charge in [-0.05, 0) is 34.7 Å². The average Bonchev–Trinajstić information content (AvgIpc) is 3.12. The maximum Gasteiger partial charge on any atom is 0.136 e. The van der Waals surface area contributed by atoms with E-state index in [1.165, 1.54) is 21.9 Å². The van der Waals surface area contributed by atoms with Gasteiger partial charge in [-0.1, -0.05) is 66.7 Å². The summed E-state index contributed by atoms with van der Waals surface area (Å²) in [7, 11) is 0. The number of benzene rings is 4. The molecule has 2 heterocycles. The van der Waals surface area contributed by atoms with Crippen LogP contribution in [0.5, 0.6) is 0 Å². The van der Waals surface area contributed by atoms with Crippen LogP contribution in [0.4, 0.5) is 0 Å². The van der Waals surface area contributed by atoms with Crippen molar-refractivity contribution in [3.8, 4) is 11.1 Å². The topological polar surface area (TPSA) is 26.0 Å². The van der Waals surface area contributed by atoms with Gasteiger partial charge in [0.2, 0.25) is 0 Å². The van der Waals surface area contributed by atoms with Crippen molar-refractivity contribution < 1.29 is 4.42 Å². The minimum Gasteiger partial charge on any atom is -0.456 e. The summed E-state index contributed by atoms with van der Waals surface area (Å²) in [5.41, 5.74) is 5.24. The molecule has 2 heteroatoms. The molecule has 0 fully saturated rings. The van der Waals surface area contributed by atoms with E-state index in [1.807, 2.05) is 30.5 Å². The van der Waals surface area contributed by atoms with Crippen molar-refractivity contribution in [3.63, 3.8) is 0 Å². The third-order valence-electron chi connectivity index (χ3n) is 5.31. The quantitative estimate of drug-likeness (QED) is 0.301. The first kappa shape index (κ1) is 14.5. The molecule has 0 radical (unpaired) electrons. The van der Waals surface area contributed by atoms with E-state index in [1.54, 1.807) is 0 Å². The molecule has 0 atom stereocenters. The van der Waals surface area contributed by atoms with Crippen molar-refractivity contribution in [1.29, 1.82) is 0 Å². The highest BCUT2D eigenvalue weighted by atomic mass is 16.3. The SMILES string of the molecule is c1cnc2c(c1)ccc1cccc(-c3cccc4oc5ccccc5c34)c12. The van der Waals surface area contributed by atoms with Crippen LogP contribution in [0.3, 0.4) is 0 Å². The van der Waals surface area contributed by atoms with Gasteiger partial charge in [0.15, 0.2) is 0 Å². The summed E-state index contributed by atoms with van der Waals surface area (Å²) >= 11 is 0. The lowest BCUT2D eigenvalue weighted by Crippen LogP contribution is -1.86. The van der Waals surface area contributed by atoms with Gasteiger partial charge in [-0.15, -0.1) is 0 Å². The molecule has 0 unspecified atom stereocenters. The summed E-state index contributed by atoms with van der Waals surface area (Å²) in [6.45, 7) is 0. The molecule has 2 aromatic heterocycles. The zero-order chi connectivity index (χ0) is 17.8. The fourth-order valence-electron chi connectivity index (χ4n) is 4.14. The van der Waals surface area contributed by atoms with Crippen molar-refractivity contribution >= 4 is 43.6 Å². The molecular weight excluding hydrogens is 330 g/mol. The highest BCUT2D eigenvalue weighted by molar-refractivity contribution is 6.19. The second-order valence-electron chi connectivity index (χ2n) is 6.82. The lowest BCUT2D eigenvalue weighted by molar-refractivity contribution is 0.669. The van der Waals surface area contributed by atoms with E-state index < -0.39 is 0 Å². The second-order valence-corrected chi connectivity index (χ2v) is 6.82. The maximum atomic E-state index is 6.10. The van der Waals surface area contributed by atoms with Crippen molar-refractivity contribution in [2.45, 2.75) is 0 Å². The number of hydrogen-bond acceptors (Lipinski definition) is 2. The molecule has 6 rings (SSSR count). The molecule has 4 aromatic carbocycles. The molecule has 0 aliphatic rings. The van der Waals surface area contributed by atoms with Gasteiger partial charge in [0.05, 0.1) is 5.52 Å². The Kier molecular flexibility index (Phi) is 2.91. The Balaban J connectivity index is 1.83. The first-order valence-electron chi connectivity index (χ1n) is 9.07. The Hall–Kier alpha value is -3.65. The summed E-state index contributed by atoms with van der Waals surface area (Å²) in [5, 5.41) is 5.85. The molecule has 0 bridgehead atoms. The van der Waals surface area contributed by atoms with Crippen molar-refractivity contribution in [2.24, 2.45) is 0 Å². The first-order chi connectivity index (χ1) is 13.4. The molecule has 0 spiro atoms. The molecule has 27 heavy (non-hydrogen) atoms. The van der Waals surface area contributed by atoms with E-state index in [-0.39, 0.29) is 0 Å². The van der Waals surface area contributed by atoms with Crippen LogP contribution < -0.4 is 0 Å². The number of pyridine rings is 1. The Morgan fingerprint density at radius 3 is 2.26 bits per heavy atom. The lowest BCUT2D eigenvalue weighted by atomic mass is 9.93. The number of hydrogen-bond donors (Lipinski definition) is 0. The minimum absolute atomic E-state index is 0.916. The number of aromatic nitrogens is 1. The summed E-state index contributed by atoms with van der Waals surface area (Å²) < 4.78 is 6.10.